The molecule has 0 fully saturated rings. The van der Waals surface area contributed by atoms with Gasteiger partial charge in [0.15, 0.2) is 0 Å². The van der Waals surface area contributed by atoms with Crippen LogP contribution < -0.4 is 15.4 Å². The van der Waals surface area contributed by atoms with Crippen LogP contribution in [0.25, 0.3) is 0 Å². The van der Waals surface area contributed by atoms with E-state index in [4.69, 9.17) is 9.29 Å². The number of hydrogen-bond acceptors (Lipinski definition) is 7. The summed E-state index contributed by atoms with van der Waals surface area (Å²) in [6.45, 7) is 7.24. The molecular weight excluding hydrogens is 540 g/mol. The van der Waals surface area contributed by atoms with Gasteiger partial charge in [0.25, 0.3) is 0 Å². The Hall–Kier alpha value is -3.48. The molecule has 10 nitrogen and oxygen atoms in total. The van der Waals surface area contributed by atoms with E-state index < -0.39 is 40.0 Å². The Labute approximate surface area is 233 Å². The molecule has 0 spiro atoms. The van der Waals surface area contributed by atoms with Gasteiger partial charge in [0.2, 0.25) is 5.91 Å². The minimum absolute atomic E-state index is 0.203. The lowest BCUT2D eigenvalue weighted by atomic mass is 10.0. The second-order valence-electron chi connectivity index (χ2n) is 9.96. The fraction of sp³-hybridized carbons (Fsp3) is 0.370. The quantitative estimate of drug-likeness (QED) is 0.247. The van der Waals surface area contributed by atoms with Crippen LogP contribution in [0.4, 0.5) is 10.5 Å². The van der Waals surface area contributed by atoms with Crippen LogP contribution in [0.2, 0.25) is 0 Å². The number of amides is 2. The number of carbonyl (C=O) groups excluding carboxylic acids is 2. The summed E-state index contributed by atoms with van der Waals surface area (Å²) in [6, 6.07) is 14.4. The Bertz CT molecular complexity index is 1350. The zero-order valence-corrected chi connectivity index (χ0v) is 23.9. The zero-order chi connectivity index (χ0) is 28.6. The minimum Gasteiger partial charge on any atom is -0.444 e. The van der Waals surface area contributed by atoms with E-state index in [1.54, 1.807) is 32.9 Å². The van der Waals surface area contributed by atoms with Gasteiger partial charge in [0, 0.05) is 11.8 Å². The van der Waals surface area contributed by atoms with Crippen LogP contribution in [0.5, 0.6) is 0 Å². The second kappa shape index (κ2) is 13.0. The maximum absolute atomic E-state index is 13.6. The Morgan fingerprint density at radius 3 is 2.21 bits per heavy atom. The predicted octanol–water partition coefficient (Wildman–Crippen LogP) is 4.46. The summed E-state index contributed by atoms with van der Waals surface area (Å²) >= 11 is 1.43. The fourth-order valence-corrected chi connectivity index (χ4v) is 5.11. The molecule has 0 aliphatic rings. The van der Waals surface area contributed by atoms with Gasteiger partial charge in [-0.25, -0.2) is 9.78 Å². The number of nitrogens with one attached hydrogen (secondary N) is 3. The van der Waals surface area contributed by atoms with Crippen molar-refractivity contribution < 1.29 is 27.3 Å². The average molecular weight is 575 g/mol. The highest BCUT2D eigenvalue weighted by molar-refractivity contribution is 7.87. The van der Waals surface area contributed by atoms with Gasteiger partial charge in [-0.3, -0.25) is 14.1 Å². The van der Waals surface area contributed by atoms with Crippen molar-refractivity contribution in [3.63, 3.8) is 0 Å². The normalized spacial score (nSPS) is 13.3. The van der Waals surface area contributed by atoms with E-state index in [0.717, 1.165) is 23.2 Å². The number of carbonyl (C=O) groups is 2. The Kier molecular flexibility index (Phi) is 10.1. The lowest BCUT2D eigenvalue weighted by Gasteiger charge is -2.25. The van der Waals surface area contributed by atoms with E-state index in [2.05, 4.69) is 15.6 Å². The van der Waals surface area contributed by atoms with Crippen molar-refractivity contribution in [3.8, 4) is 0 Å². The molecule has 0 aliphatic heterocycles. The van der Waals surface area contributed by atoms with Crippen LogP contribution in [0, 0.1) is 0 Å². The molecule has 1 unspecified atom stereocenters. The van der Waals surface area contributed by atoms with Gasteiger partial charge in [-0.1, -0.05) is 49.4 Å². The molecule has 2 aromatic carbocycles. The molecule has 0 saturated heterocycles. The third-order valence-electron chi connectivity index (χ3n) is 5.48. The number of ether oxygens (including phenoxy) is 1. The highest BCUT2D eigenvalue weighted by Crippen LogP contribution is 2.24. The first-order valence-electron chi connectivity index (χ1n) is 12.4. The van der Waals surface area contributed by atoms with E-state index in [0.29, 0.717) is 11.4 Å². The van der Waals surface area contributed by atoms with Crippen molar-refractivity contribution in [2.24, 2.45) is 0 Å². The maximum atomic E-state index is 13.6. The van der Waals surface area contributed by atoms with Crippen LogP contribution in [0.1, 0.15) is 55.6 Å². The van der Waals surface area contributed by atoms with Crippen molar-refractivity contribution in [1.82, 2.24) is 15.6 Å². The van der Waals surface area contributed by atoms with Crippen molar-refractivity contribution >= 4 is 39.3 Å². The summed E-state index contributed by atoms with van der Waals surface area (Å²) < 4.78 is 38.6. The lowest BCUT2D eigenvalue weighted by Crippen LogP contribution is -2.50. The van der Waals surface area contributed by atoms with Crippen LogP contribution in [0.15, 0.2) is 60.0 Å². The number of benzene rings is 2. The third kappa shape index (κ3) is 10.3. The third-order valence-corrected chi connectivity index (χ3v) is 6.98. The molecule has 3 rings (SSSR count). The molecule has 3 aromatic rings. The first kappa shape index (κ1) is 30.1. The SMILES string of the molecule is CCc1csc([C@H](Cc2ccc(NS(=O)(=O)O)cc2)NC(=O)C(Cc2ccccc2)NC(=O)OC(C)(C)C)n1. The molecule has 2 amide bonds. The van der Waals surface area contributed by atoms with Crippen LogP contribution in [0.3, 0.4) is 0 Å². The molecule has 0 saturated carbocycles. The highest BCUT2D eigenvalue weighted by atomic mass is 32.2. The van der Waals surface area contributed by atoms with E-state index in [1.165, 1.54) is 23.5 Å². The number of anilines is 1. The summed E-state index contributed by atoms with van der Waals surface area (Å²) in [5.41, 5.74) is 2.04. The van der Waals surface area contributed by atoms with Crippen molar-refractivity contribution in [2.45, 2.75) is 64.6 Å². The Balaban J connectivity index is 1.84. The maximum Gasteiger partial charge on any atom is 0.408 e. The number of aryl methyl sites for hydroxylation is 1. The second-order valence-corrected chi connectivity index (χ2v) is 12.0. The molecule has 1 heterocycles. The van der Waals surface area contributed by atoms with Gasteiger partial charge in [0.05, 0.1) is 17.4 Å². The topological polar surface area (TPSA) is 147 Å². The molecule has 1 aromatic heterocycles. The van der Waals surface area contributed by atoms with E-state index in [1.807, 2.05) is 47.4 Å². The predicted molar refractivity (Wildman–Crippen MR) is 151 cm³/mol. The van der Waals surface area contributed by atoms with E-state index in [9.17, 15) is 18.0 Å². The van der Waals surface area contributed by atoms with Gasteiger partial charge >= 0.3 is 16.4 Å². The van der Waals surface area contributed by atoms with Crippen molar-refractivity contribution in [2.75, 3.05) is 4.72 Å². The van der Waals surface area contributed by atoms with Gasteiger partial charge < -0.3 is 15.4 Å². The highest BCUT2D eigenvalue weighted by Gasteiger charge is 2.28. The van der Waals surface area contributed by atoms with Gasteiger partial charge in [-0.05, 0) is 56.9 Å². The van der Waals surface area contributed by atoms with Gasteiger partial charge in [-0.2, -0.15) is 8.42 Å². The summed E-state index contributed by atoms with van der Waals surface area (Å²) in [5.74, 6) is -0.396. The first-order valence-corrected chi connectivity index (χ1v) is 14.8. The van der Waals surface area contributed by atoms with Crippen molar-refractivity contribution in [1.29, 1.82) is 0 Å². The summed E-state index contributed by atoms with van der Waals surface area (Å²) in [4.78, 5) is 30.9. The summed E-state index contributed by atoms with van der Waals surface area (Å²) in [5, 5.41) is 8.40. The summed E-state index contributed by atoms with van der Waals surface area (Å²) in [6.07, 6.45) is 0.662. The molecule has 0 aliphatic carbocycles. The molecule has 39 heavy (non-hydrogen) atoms. The minimum atomic E-state index is -4.39. The number of thiazole rings is 1. The average Bonchev–Trinajstić information content (AvgIpc) is 3.32. The molecule has 0 bridgehead atoms. The molecule has 2 atom stereocenters. The number of alkyl carbamates (subject to hydrolysis) is 1. The number of rotatable bonds is 11. The number of aromatic nitrogens is 1. The molecule has 4 N–H and O–H groups in total. The first-order chi connectivity index (χ1) is 18.3. The molecule has 0 radical (unpaired) electrons. The zero-order valence-electron chi connectivity index (χ0n) is 22.3. The largest absolute Gasteiger partial charge is 0.444 e. The van der Waals surface area contributed by atoms with Crippen molar-refractivity contribution in [3.05, 3.63) is 81.8 Å². The molecule has 12 heteroatoms. The number of hydrogen-bond donors (Lipinski definition) is 4. The van der Waals surface area contributed by atoms with Gasteiger partial charge in [-0.15, -0.1) is 11.3 Å². The smallest absolute Gasteiger partial charge is 0.408 e. The Morgan fingerprint density at radius 2 is 1.64 bits per heavy atom. The fourth-order valence-electron chi connectivity index (χ4n) is 3.72. The standard InChI is InChI=1S/C27H34N4O6S2/c1-5-20-17-38-25(28-20)23(16-19-11-13-21(14-12-19)31-39(34,35)36)29-24(32)22(15-18-9-7-6-8-10-18)30-26(33)37-27(2,3)4/h6-14,17,22-23,31H,5,15-16H2,1-4H3,(H,29,32)(H,30,33)(H,34,35,36)/t22?,23-/m0/s1. The lowest BCUT2D eigenvalue weighted by molar-refractivity contribution is -0.124. The Morgan fingerprint density at radius 1 is 1.00 bits per heavy atom. The van der Waals surface area contributed by atoms with Crippen LogP contribution in [-0.4, -0.2) is 41.6 Å². The van der Waals surface area contributed by atoms with E-state index in [-0.39, 0.29) is 12.1 Å². The molecule has 210 valence electrons. The van der Waals surface area contributed by atoms with Crippen LogP contribution in [-0.2, 0) is 39.1 Å². The van der Waals surface area contributed by atoms with Gasteiger partial charge in [0.1, 0.15) is 16.7 Å². The summed E-state index contributed by atoms with van der Waals surface area (Å²) in [7, 11) is -4.39. The molecular formula is C27H34N4O6S2. The monoisotopic (exact) mass is 574 g/mol. The van der Waals surface area contributed by atoms with E-state index >= 15 is 0 Å². The number of nitrogens with zero attached hydrogens (tertiary/aromatic N) is 1. The van der Waals surface area contributed by atoms with Crippen LogP contribution >= 0.6 is 11.3 Å².